The van der Waals surface area contributed by atoms with Gasteiger partial charge >= 0.3 is 0 Å². The van der Waals surface area contributed by atoms with Crippen LogP contribution < -0.4 is 10.0 Å². The Hall–Kier alpha value is -0.920. The molecular weight excluding hydrogens is 264 g/mol. The Labute approximate surface area is 114 Å². The molecule has 2 heterocycles. The van der Waals surface area contributed by atoms with E-state index in [1.54, 1.807) is 13.8 Å². The molecule has 3 N–H and O–H groups in total. The molecule has 1 aromatic heterocycles. The summed E-state index contributed by atoms with van der Waals surface area (Å²) < 4.78 is 27.7. The molecule has 108 valence electrons. The van der Waals surface area contributed by atoms with E-state index in [2.05, 4.69) is 27.2 Å². The summed E-state index contributed by atoms with van der Waals surface area (Å²) >= 11 is 0. The highest BCUT2D eigenvalue weighted by molar-refractivity contribution is 7.89. The third kappa shape index (κ3) is 2.98. The molecule has 1 saturated heterocycles. The normalized spacial score (nSPS) is 28.5. The van der Waals surface area contributed by atoms with Crippen LogP contribution in [0.1, 0.15) is 38.1 Å². The van der Waals surface area contributed by atoms with Gasteiger partial charge in [0.1, 0.15) is 4.90 Å². The van der Waals surface area contributed by atoms with E-state index >= 15 is 0 Å². The smallest absolute Gasteiger partial charge is 0.244 e. The number of aromatic nitrogens is 2. The van der Waals surface area contributed by atoms with Gasteiger partial charge in [0, 0.05) is 18.1 Å². The van der Waals surface area contributed by atoms with Crippen LogP contribution in [-0.4, -0.2) is 36.7 Å². The average Bonchev–Trinajstić information content (AvgIpc) is 2.63. The van der Waals surface area contributed by atoms with Crippen molar-refractivity contribution in [1.82, 2.24) is 20.2 Å². The van der Waals surface area contributed by atoms with Crippen molar-refractivity contribution in [3.05, 3.63) is 11.4 Å². The molecule has 1 aliphatic rings. The molecule has 1 fully saturated rings. The second kappa shape index (κ2) is 5.22. The first-order valence-electron chi connectivity index (χ1n) is 6.61. The first kappa shape index (κ1) is 14.5. The zero-order valence-electron chi connectivity index (χ0n) is 11.8. The summed E-state index contributed by atoms with van der Waals surface area (Å²) in [7, 11) is -3.51. The molecule has 1 aliphatic heterocycles. The van der Waals surface area contributed by atoms with E-state index in [1.807, 2.05) is 6.92 Å². The third-order valence-corrected chi connectivity index (χ3v) is 5.45. The molecule has 0 aromatic carbocycles. The van der Waals surface area contributed by atoms with Crippen molar-refractivity contribution in [2.45, 2.75) is 63.6 Å². The van der Waals surface area contributed by atoms with E-state index in [4.69, 9.17) is 0 Å². The fraction of sp³-hybridized carbons (Fsp3) is 0.750. The van der Waals surface area contributed by atoms with Gasteiger partial charge in [0.15, 0.2) is 0 Å². The van der Waals surface area contributed by atoms with E-state index in [9.17, 15) is 8.42 Å². The number of H-pyrrole nitrogens is 1. The van der Waals surface area contributed by atoms with Gasteiger partial charge in [-0.15, -0.1) is 0 Å². The van der Waals surface area contributed by atoms with E-state index in [0.29, 0.717) is 17.4 Å². The van der Waals surface area contributed by atoms with Gasteiger partial charge in [0.05, 0.1) is 11.4 Å². The summed E-state index contributed by atoms with van der Waals surface area (Å²) in [6, 6.07) is 0.495. The highest BCUT2D eigenvalue weighted by Crippen LogP contribution is 2.20. The Kier molecular flexibility index (Phi) is 3.98. The topological polar surface area (TPSA) is 86.9 Å². The van der Waals surface area contributed by atoms with Gasteiger partial charge in [-0.05, 0) is 40.5 Å². The summed E-state index contributed by atoms with van der Waals surface area (Å²) in [6.07, 6.45) is 1.82. The predicted molar refractivity (Wildman–Crippen MR) is 73.5 cm³/mol. The molecule has 0 saturated carbocycles. The van der Waals surface area contributed by atoms with Crippen LogP contribution in [0.5, 0.6) is 0 Å². The lowest BCUT2D eigenvalue weighted by atomic mass is 9.96. The monoisotopic (exact) mass is 286 g/mol. The van der Waals surface area contributed by atoms with Crippen LogP contribution in [0.3, 0.4) is 0 Å². The quantitative estimate of drug-likeness (QED) is 0.768. The van der Waals surface area contributed by atoms with Gasteiger partial charge in [0.25, 0.3) is 0 Å². The fourth-order valence-corrected chi connectivity index (χ4v) is 4.41. The maximum Gasteiger partial charge on any atom is 0.244 e. The lowest BCUT2D eigenvalue weighted by Gasteiger charge is -2.34. The van der Waals surface area contributed by atoms with Gasteiger partial charge in [-0.25, -0.2) is 13.1 Å². The van der Waals surface area contributed by atoms with E-state index in [0.717, 1.165) is 12.8 Å². The predicted octanol–water partition coefficient (Wildman–Crippen LogP) is 0.834. The second-order valence-corrected chi connectivity index (χ2v) is 7.08. The first-order valence-corrected chi connectivity index (χ1v) is 8.09. The van der Waals surface area contributed by atoms with Crippen LogP contribution in [-0.2, 0) is 10.0 Å². The minimum Gasteiger partial charge on any atom is -0.310 e. The highest BCUT2D eigenvalue weighted by atomic mass is 32.2. The van der Waals surface area contributed by atoms with Gasteiger partial charge in [-0.1, -0.05) is 0 Å². The van der Waals surface area contributed by atoms with Crippen molar-refractivity contribution in [1.29, 1.82) is 0 Å². The number of rotatable bonds is 3. The van der Waals surface area contributed by atoms with Gasteiger partial charge < -0.3 is 5.32 Å². The Morgan fingerprint density at radius 2 is 1.95 bits per heavy atom. The molecule has 19 heavy (non-hydrogen) atoms. The highest BCUT2D eigenvalue weighted by Gasteiger charge is 2.31. The van der Waals surface area contributed by atoms with Crippen LogP contribution in [0.2, 0.25) is 0 Å². The summed E-state index contributed by atoms with van der Waals surface area (Å²) in [5.41, 5.74) is 1.09. The fourth-order valence-electron chi connectivity index (χ4n) is 2.68. The van der Waals surface area contributed by atoms with Gasteiger partial charge in [0.2, 0.25) is 10.0 Å². The summed E-state index contributed by atoms with van der Waals surface area (Å²) in [5, 5.41) is 10.0. The Bertz CT molecular complexity index is 533. The molecule has 0 radical (unpaired) electrons. The molecule has 0 amide bonds. The first-order chi connectivity index (χ1) is 8.81. The second-order valence-electron chi connectivity index (χ2n) is 5.42. The van der Waals surface area contributed by atoms with Gasteiger partial charge in [-0.3, -0.25) is 5.10 Å². The molecule has 3 atom stereocenters. The molecular formula is C12H22N4O2S. The van der Waals surface area contributed by atoms with Gasteiger partial charge in [-0.2, -0.15) is 5.10 Å². The third-order valence-electron chi connectivity index (χ3n) is 3.70. The van der Waals surface area contributed by atoms with Crippen LogP contribution in [0, 0.1) is 13.8 Å². The molecule has 0 spiro atoms. The van der Waals surface area contributed by atoms with Crippen molar-refractivity contribution in [2.75, 3.05) is 0 Å². The standard InChI is InChI=1S/C12H22N4O2S/c1-7-5-6-11(8(2)13-7)16-19(17,18)12-9(3)14-15-10(12)4/h7-8,11,13,16H,5-6H2,1-4H3,(H,14,15). The average molecular weight is 286 g/mol. The van der Waals surface area contributed by atoms with Crippen molar-refractivity contribution in [3.63, 3.8) is 0 Å². The SMILES string of the molecule is Cc1n[nH]c(C)c1S(=O)(=O)NC1CCC(C)NC1C. The Morgan fingerprint density at radius 3 is 2.47 bits per heavy atom. The number of piperidine rings is 1. The molecule has 7 heteroatoms. The van der Waals surface area contributed by atoms with Crippen LogP contribution in [0.4, 0.5) is 0 Å². The number of hydrogen-bond donors (Lipinski definition) is 3. The molecule has 6 nitrogen and oxygen atoms in total. The minimum atomic E-state index is -3.51. The number of nitrogens with zero attached hydrogens (tertiary/aromatic N) is 1. The number of hydrogen-bond acceptors (Lipinski definition) is 4. The lowest BCUT2D eigenvalue weighted by molar-refractivity contribution is 0.297. The largest absolute Gasteiger partial charge is 0.310 e. The van der Waals surface area contributed by atoms with E-state index in [1.165, 1.54) is 0 Å². The number of nitrogens with one attached hydrogen (secondary N) is 3. The molecule has 2 rings (SSSR count). The summed E-state index contributed by atoms with van der Waals surface area (Å²) in [4.78, 5) is 0.276. The summed E-state index contributed by atoms with van der Waals surface area (Å²) in [6.45, 7) is 7.55. The van der Waals surface area contributed by atoms with Crippen LogP contribution >= 0.6 is 0 Å². The van der Waals surface area contributed by atoms with Crippen molar-refractivity contribution < 1.29 is 8.42 Å². The molecule has 0 bridgehead atoms. The Balaban J connectivity index is 2.18. The molecule has 1 aromatic rings. The van der Waals surface area contributed by atoms with E-state index in [-0.39, 0.29) is 17.0 Å². The van der Waals surface area contributed by atoms with Crippen LogP contribution in [0.25, 0.3) is 0 Å². The molecule has 3 unspecified atom stereocenters. The van der Waals surface area contributed by atoms with Crippen molar-refractivity contribution in [3.8, 4) is 0 Å². The maximum absolute atomic E-state index is 12.4. The maximum atomic E-state index is 12.4. The lowest BCUT2D eigenvalue weighted by Crippen LogP contribution is -2.54. The zero-order chi connectivity index (χ0) is 14.2. The van der Waals surface area contributed by atoms with E-state index < -0.39 is 10.0 Å². The zero-order valence-corrected chi connectivity index (χ0v) is 12.6. The number of sulfonamides is 1. The minimum absolute atomic E-state index is 0.0742. The number of aromatic amines is 1. The van der Waals surface area contributed by atoms with Crippen molar-refractivity contribution in [2.24, 2.45) is 0 Å². The Morgan fingerprint density at radius 1 is 1.26 bits per heavy atom. The van der Waals surface area contributed by atoms with Crippen LogP contribution in [0.15, 0.2) is 4.90 Å². The van der Waals surface area contributed by atoms with Crippen molar-refractivity contribution >= 4 is 10.0 Å². The number of aryl methyl sites for hydroxylation is 2. The summed E-state index contributed by atoms with van der Waals surface area (Å²) in [5.74, 6) is 0. The molecule has 0 aliphatic carbocycles.